The number of hydrogen-bond donors (Lipinski definition) is 1. The van der Waals surface area contributed by atoms with Crippen LogP contribution >= 0.6 is 0 Å². The van der Waals surface area contributed by atoms with Crippen molar-refractivity contribution in [1.82, 2.24) is 10.2 Å². The topological polar surface area (TPSA) is 75.7 Å². The summed E-state index contributed by atoms with van der Waals surface area (Å²) in [7, 11) is 1.50. The number of methoxy groups -OCH3 is 1. The Kier molecular flexibility index (Phi) is 4.00. The van der Waals surface area contributed by atoms with E-state index in [2.05, 4.69) is 5.32 Å². The minimum Gasteiger partial charge on any atom is -0.380 e. The number of hydrogen-bond acceptors (Lipinski definition) is 4. The molecule has 2 atom stereocenters. The summed E-state index contributed by atoms with van der Waals surface area (Å²) >= 11 is 0. The Bertz CT molecular complexity index is 316. The van der Waals surface area contributed by atoms with Gasteiger partial charge in [-0.3, -0.25) is 19.8 Å². The molecule has 1 aliphatic heterocycles. The molecule has 0 radical (unpaired) electrons. The summed E-state index contributed by atoms with van der Waals surface area (Å²) in [5, 5.41) is 2.16. The van der Waals surface area contributed by atoms with Gasteiger partial charge in [0.15, 0.2) is 0 Å². The number of imide groups is 2. The van der Waals surface area contributed by atoms with Gasteiger partial charge in [0.05, 0.1) is 12.6 Å². The van der Waals surface area contributed by atoms with Crippen molar-refractivity contribution in [1.29, 1.82) is 0 Å². The molecule has 0 aromatic rings. The summed E-state index contributed by atoms with van der Waals surface area (Å²) in [5.41, 5.74) is 0. The number of nitrogens with zero attached hydrogens (tertiary/aromatic N) is 1. The van der Waals surface area contributed by atoms with Crippen LogP contribution in [0.5, 0.6) is 0 Å². The van der Waals surface area contributed by atoms with E-state index in [4.69, 9.17) is 4.74 Å². The molecule has 2 unspecified atom stereocenters. The highest BCUT2D eigenvalue weighted by Crippen LogP contribution is 2.14. The molecule has 1 saturated heterocycles. The van der Waals surface area contributed by atoms with Crippen LogP contribution in [0.15, 0.2) is 0 Å². The normalized spacial score (nSPS) is 23.3. The van der Waals surface area contributed by atoms with Crippen molar-refractivity contribution in [3.8, 4) is 0 Å². The third-order valence-electron chi connectivity index (χ3n) is 2.61. The largest absolute Gasteiger partial charge is 0.380 e. The number of barbiturate groups is 1. The zero-order valence-corrected chi connectivity index (χ0v) is 9.65. The fourth-order valence-electron chi connectivity index (χ4n) is 1.52. The molecule has 0 bridgehead atoms. The quantitative estimate of drug-likeness (QED) is 0.694. The molecule has 6 heteroatoms. The molecule has 1 aliphatic rings. The Morgan fingerprint density at radius 3 is 2.56 bits per heavy atom. The first-order chi connectivity index (χ1) is 7.51. The summed E-state index contributed by atoms with van der Waals surface area (Å²) in [6, 6.07) is -0.663. The minimum atomic E-state index is -0.762. The van der Waals surface area contributed by atoms with Gasteiger partial charge in [0, 0.05) is 7.11 Å². The smallest absolute Gasteiger partial charge is 0.330 e. The second kappa shape index (κ2) is 5.07. The van der Waals surface area contributed by atoms with Crippen LogP contribution in [0.2, 0.25) is 0 Å². The number of ether oxygens (including phenoxy) is 1. The number of urea groups is 1. The highest BCUT2D eigenvalue weighted by Gasteiger charge is 2.39. The van der Waals surface area contributed by atoms with Gasteiger partial charge >= 0.3 is 6.03 Å². The summed E-state index contributed by atoms with van der Waals surface area (Å²) < 4.78 is 4.99. The highest BCUT2D eigenvalue weighted by atomic mass is 16.5. The van der Waals surface area contributed by atoms with Crippen LogP contribution in [0.25, 0.3) is 0 Å². The van der Waals surface area contributed by atoms with Gasteiger partial charge in [-0.05, 0) is 13.3 Å². The molecule has 0 aliphatic carbocycles. The van der Waals surface area contributed by atoms with Crippen molar-refractivity contribution in [2.45, 2.75) is 26.4 Å². The standard InChI is InChI=1S/C10H16N2O4/c1-4-7-8(13)11-10(15)12(9(7)14)5-6(2)16-3/h6-7H,4-5H2,1-3H3,(H,11,13,15). The maximum absolute atomic E-state index is 11.8. The van der Waals surface area contributed by atoms with Gasteiger partial charge in [-0.1, -0.05) is 6.92 Å². The maximum atomic E-state index is 11.8. The van der Waals surface area contributed by atoms with E-state index in [1.165, 1.54) is 7.11 Å². The average Bonchev–Trinajstić information content (AvgIpc) is 2.24. The monoisotopic (exact) mass is 228 g/mol. The molecule has 0 saturated carbocycles. The van der Waals surface area contributed by atoms with E-state index >= 15 is 0 Å². The van der Waals surface area contributed by atoms with Crippen LogP contribution in [-0.2, 0) is 14.3 Å². The van der Waals surface area contributed by atoms with E-state index in [1.54, 1.807) is 13.8 Å². The minimum absolute atomic E-state index is 0.158. The Balaban J connectivity index is 2.79. The molecule has 0 spiro atoms. The van der Waals surface area contributed by atoms with Crippen LogP contribution < -0.4 is 5.32 Å². The predicted octanol–water partition coefficient (Wildman–Crippen LogP) is 0.126. The average molecular weight is 228 g/mol. The molecular weight excluding hydrogens is 212 g/mol. The fourth-order valence-corrected chi connectivity index (χ4v) is 1.52. The maximum Gasteiger partial charge on any atom is 0.330 e. The van der Waals surface area contributed by atoms with Gasteiger partial charge in [-0.15, -0.1) is 0 Å². The third-order valence-corrected chi connectivity index (χ3v) is 2.61. The molecule has 1 fully saturated rings. The summed E-state index contributed by atoms with van der Waals surface area (Å²) in [5.74, 6) is -1.72. The zero-order chi connectivity index (χ0) is 12.3. The van der Waals surface area contributed by atoms with Crippen molar-refractivity contribution < 1.29 is 19.1 Å². The first-order valence-corrected chi connectivity index (χ1v) is 5.20. The molecule has 90 valence electrons. The number of amides is 4. The second-order valence-corrected chi connectivity index (χ2v) is 3.75. The van der Waals surface area contributed by atoms with Crippen molar-refractivity contribution in [3.63, 3.8) is 0 Å². The van der Waals surface area contributed by atoms with Crippen molar-refractivity contribution in [2.75, 3.05) is 13.7 Å². The Morgan fingerprint density at radius 2 is 2.06 bits per heavy atom. The number of carbonyl (C=O) groups is 3. The van der Waals surface area contributed by atoms with Gasteiger partial charge in [-0.2, -0.15) is 0 Å². The molecular formula is C10H16N2O4. The lowest BCUT2D eigenvalue weighted by molar-refractivity contribution is -0.143. The van der Waals surface area contributed by atoms with E-state index in [0.717, 1.165) is 4.90 Å². The molecule has 6 nitrogen and oxygen atoms in total. The van der Waals surface area contributed by atoms with Crippen molar-refractivity contribution in [3.05, 3.63) is 0 Å². The van der Waals surface area contributed by atoms with Gasteiger partial charge in [0.25, 0.3) is 0 Å². The van der Waals surface area contributed by atoms with E-state index in [0.29, 0.717) is 6.42 Å². The first kappa shape index (κ1) is 12.6. The highest BCUT2D eigenvalue weighted by molar-refractivity contribution is 6.16. The van der Waals surface area contributed by atoms with Crippen LogP contribution in [0.1, 0.15) is 20.3 Å². The van der Waals surface area contributed by atoms with Crippen molar-refractivity contribution >= 4 is 17.8 Å². The molecule has 1 heterocycles. The second-order valence-electron chi connectivity index (χ2n) is 3.75. The van der Waals surface area contributed by atoms with E-state index in [-0.39, 0.29) is 12.6 Å². The fraction of sp³-hybridized carbons (Fsp3) is 0.700. The SMILES string of the molecule is CCC1C(=O)NC(=O)N(CC(C)OC)C1=O. The molecule has 16 heavy (non-hydrogen) atoms. The molecule has 4 amide bonds. The number of carbonyl (C=O) groups excluding carboxylic acids is 3. The lowest BCUT2D eigenvalue weighted by Crippen LogP contribution is -2.59. The lowest BCUT2D eigenvalue weighted by atomic mass is 10.0. The van der Waals surface area contributed by atoms with E-state index in [1.807, 2.05) is 0 Å². The Hall–Kier alpha value is -1.43. The van der Waals surface area contributed by atoms with E-state index < -0.39 is 23.8 Å². The van der Waals surface area contributed by atoms with Crippen LogP contribution in [0.4, 0.5) is 4.79 Å². The number of nitrogens with one attached hydrogen (secondary N) is 1. The van der Waals surface area contributed by atoms with Gasteiger partial charge in [-0.25, -0.2) is 4.79 Å². The first-order valence-electron chi connectivity index (χ1n) is 5.20. The number of rotatable bonds is 4. The van der Waals surface area contributed by atoms with Crippen LogP contribution in [-0.4, -0.2) is 42.5 Å². The Labute approximate surface area is 93.9 Å². The molecule has 1 N–H and O–H groups in total. The lowest BCUT2D eigenvalue weighted by Gasteiger charge is -2.30. The predicted molar refractivity (Wildman–Crippen MR) is 55.5 cm³/mol. The molecule has 0 aromatic carbocycles. The summed E-state index contributed by atoms with van der Waals surface area (Å²) in [4.78, 5) is 35.6. The van der Waals surface area contributed by atoms with Crippen molar-refractivity contribution in [2.24, 2.45) is 5.92 Å². The Morgan fingerprint density at radius 1 is 1.44 bits per heavy atom. The summed E-state index contributed by atoms with van der Waals surface area (Å²) in [6.45, 7) is 3.64. The zero-order valence-electron chi connectivity index (χ0n) is 9.65. The van der Waals surface area contributed by atoms with Crippen LogP contribution in [0.3, 0.4) is 0 Å². The molecule has 0 aromatic heterocycles. The molecule has 1 rings (SSSR count). The third kappa shape index (κ3) is 2.38. The van der Waals surface area contributed by atoms with Gasteiger partial charge < -0.3 is 4.74 Å². The van der Waals surface area contributed by atoms with Gasteiger partial charge in [0.2, 0.25) is 11.8 Å². The van der Waals surface area contributed by atoms with Gasteiger partial charge in [0.1, 0.15) is 5.92 Å². The summed E-state index contributed by atoms with van der Waals surface area (Å²) in [6.07, 6.45) is 0.135. The van der Waals surface area contributed by atoms with Crippen LogP contribution in [0, 0.1) is 5.92 Å². The van der Waals surface area contributed by atoms with E-state index in [9.17, 15) is 14.4 Å².